The molecule has 3 heterocycles. The van der Waals surface area contributed by atoms with Gasteiger partial charge in [0.1, 0.15) is 5.82 Å². The Morgan fingerprint density at radius 3 is 2.47 bits per heavy atom. The summed E-state index contributed by atoms with van der Waals surface area (Å²) in [6.07, 6.45) is 1.97. The molecule has 1 N–H and O–H groups in total. The molecular formula is C27H32FN3O3. The average molecular weight is 466 g/mol. The Kier molecular flexibility index (Phi) is 6.30. The SMILES string of the molecule is Cc1c(C(=O)N2CCC3(CC2)CC(=O)NC[C@@H]3c2ccc(F)cc2)cccc1N1CCOCC1. The first-order valence-electron chi connectivity index (χ1n) is 12.2. The minimum Gasteiger partial charge on any atom is -0.378 e. The van der Waals surface area contributed by atoms with Gasteiger partial charge in [-0.1, -0.05) is 18.2 Å². The van der Waals surface area contributed by atoms with Crippen LogP contribution < -0.4 is 10.2 Å². The molecule has 0 unspecified atom stereocenters. The van der Waals surface area contributed by atoms with Crippen molar-refractivity contribution in [3.8, 4) is 0 Å². The number of ether oxygens (including phenoxy) is 1. The van der Waals surface area contributed by atoms with E-state index < -0.39 is 0 Å². The van der Waals surface area contributed by atoms with Crippen molar-refractivity contribution in [1.29, 1.82) is 0 Å². The van der Waals surface area contributed by atoms with Gasteiger partial charge in [-0.2, -0.15) is 0 Å². The average Bonchev–Trinajstić information content (AvgIpc) is 2.86. The van der Waals surface area contributed by atoms with Crippen molar-refractivity contribution in [3.63, 3.8) is 0 Å². The van der Waals surface area contributed by atoms with E-state index in [9.17, 15) is 14.0 Å². The van der Waals surface area contributed by atoms with Crippen LogP contribution >= 0.6 is 0 Å². The highest BCUT2D eigenvalue weighted by molar-refractivity contribution is 5.97. The molecule has 5 rings (SSSR count). The fourth-order valence-corrected chi connectivity index (χ4v) is 5.96. The summed E-state index contributed by atoms with van der Waals surface area (Å²) in [6, 6.07) is 12.6. The van der Waals surface area contributed by atoms with Crippen LogP contribution in [0.3, 0.4) is 0 Å². The van der Waals surface area contributed by atoms with E-state index >= 15 is 0 Å². The number of carbonyl (C=O) groups is 2. The third-order valence-corrected chi connectivity index (χ3v) is 7.96. The molecule has 3 aliphatic heterocycles. The molecule has 3 fully saturated rings. The number of rotatable bonds is 3. The second kappa shape index (κ2) is 9.37. The maximum absolute atomic E-state index is 13.5. The first-order chi connectivity index (χ1) is 16.5. The van der Waals surface area contributed by atoms with Crippen LogP contribution in [0.5, 0.6) is 0 Å². The number of morpholine rings is 1. The Hall–Kier alpha value is -2.93. The molecular weight excluding hydrogens is 433 g/mol. The first-order valence-corrected chi connectivity index (χ1v) is 12.2. The zero-order valence-corrected chi connectivity index (χ0v) is 19.7. The van der Waals surface area contributed by atoms with E-state index in [-0.39, 0.29) is 29.0 Å². The van der Waals surface area contributed by atoms with Crippen molar-refractivity contribution >= 4 is 17.5 Å². The van der Waals surface area contributed by atoms with Crippen molar-refractivity contribution in [1.82, 2.24) is 10.2 Å². The van der Waals surface area contributed by atoms with Gasteiger partial charge in [0.25, 0.3) is 5.91 Å². The fourth-order valence-electron chi connectivity index (χ4n) is 5.96. The highest BCUT2D eigenvalue weighted by atomic mass is 19.1. The number of hydrogen-bond donors (Lipinski definition) is 1. The van der Waals surface area contributed by atoms with Gasteiger partial charge >= 0.3 is 0 Å². The van der Waals surface area contributed by atoms with Crippen molar-refractivity contribution in [2.75, 3.05) is 50.8 Å². The maximum atomic E-state index is 13.5. The molecule has 34 heavy (non-hydrogen) atoms. The van der Waals surface area contributed by atoms with E-state index in [4.69, 9.17) is 4.74 Å². The van der Waals surface area contributed by atoms with E-state index in [0.717, 1.165) is 48.3 Å². The van der Waals surface area contributed by atoms with Gasteiger partial charge < -0.3 is 19.9 Å². The number of hydrogen-bond acceptors (Lipinski definition) is 4. The Labute approximate surface area is 200 Å². The summed E-state index contributed by atoms with van der Waals surface area (Å²) in [7, 11) is 0. The summed E-state index contributed by atoms with van der Waals surface area (Å²) < 4.78 is 19.0. The summed E-state index contributed by atoms with van der Waals surface area (Å²) in [5.41, 5.74) is 3.70. The van der Waals surface area contributed by atoms with E-state index in [2.05, 4.69) is 16.3 Å². The molecule has 7 heteroatoms. The summed E-state index contributed by atoms with van der Waals surface area (Å²) in [6.45, 7) is 6.88. The lowest BCUT2D eigenvalue weighted by molar-refractivity contribution is -0.127. The lowest BCUT2D eigenvalue weighted by Crippen LogP contribution is -2.53. The number of likely N-dealkylation sites (tertiary alicyclic amines) is 1. The van der Waals surface area contributed by atoms with Gasteiger partial charge in [-0.05, 0) is 60.6 Å². The Morgan fingerprint density at radius 1 is 1.06 bits per heavy atom. The molecule has 1 atom stereocenters. The molecule has 0 saturated carbocycles. The first kappa shape index (κ1) is 22.8. The van der Waals surface area contributed by atoms with Crippen LogP contribution in [0.1, 0.15) is 46.7 Å². The second-order valence-corrected chi connectivity index (χ2v) is 9.79. The number of carbonyl (C=O) groups excluding carboxylic acids is 2. The number of anilines is 1. The zero-order chi connectivity index (χ0) is 23.7. The monoisotopic (exact) mass is 465 g/mol. The lowest BCUT2D eigenvalue weighted by Gasteiger charge is -2.49. The Balaban J connectivity index is 1.33. The number of amides is 2. The zero-order valence-electron chi connectivity index (χ0n) is 19.7. The van der Waals surface area contributed by atoms with Gasteiger partial charge in [0, 0.05) is 56.3 Å². The predicted molar refractivity (Wildman–Crippen MR) is 129 cm³/mol. The number of nitrogens with zero attached hydrogens (tertiary/aromatic N) is 2. The number of nitrogens with one attached hydrogen (secondary N) is 1. The summed E-state index contributed by atoms with van der Waals surface area (Å²) in [4.78, 5) is 30.1. The minimum absolute atomic E-state index is 0.0565. The number of halogens is 1. The van der Waals surface area contributed by atoms with Gasteiger partial charge in [-0.15, -0.1) is 0 Å². The Morgan fingerprint density at radius 2 is 1.76 bits per heavy atom. The normalized spacial score (nSPS) is 22.5. The highest BCUT2D eigenvalue weighted by Gasteiger charge is 2.47. The topological polar surface area (TPSA) is 61.9 Å². The largest absolute Gasteiger partial charge is 0.378 e. The molecule has 0 bridgehead atoms. The van der Waals surface area contributed by atoms with Crippen molar-refractivity contribution in [2.45, 2.75) is 32.1 Å². The number of piperidine rings is 2. The summed E-state index contributed by atoms with van der Waals surface area (Å²) >= 11 is 0. The third-order valence-electron chi connectivity index (χ3n) is 7.96. The lowest BCUT2D eigenvalue weighted by atomic mass is 9.62. The molecule has 2 aromatic rings. The van der Waals surface area contributed by atoms with Crippen LogP contribution in [0.4, 0.5) is 10.1 Å². The van der Waals surface area contributed by atoms with Crippen LogP contribution in [0.2, 0.25) is 0 Å². The van der Waals surface area contributed by atoms with Crippen LogP contribution in [-0.2, 0) is 9.53 Å². The molecule has 0 aromatic heterocycles. The van der Waals surface area contributed by atoms with Crippen molar-refractivity contribution in [3.05, 3.63) is 65.0 Å². The van der Waals surface area contributed by atoms with E-state index in [1.54, 1.807) is 0 Å². The summed E-state index contributed by atoms with van der Waals surface area (Å²) in [5, 5.41) is 2.99. The molecule has 1 spiro atoms. The van der Waals surface area contributed by atoms with Crippen LogP contribution in [-0.4, -0.2) is 62.7 Å². The molecule has 0 radical (unpaired) electrons. The van der Waals surface area contributed by atoms with E-state index in [0.29, 0.717) is 39.3 Å². The smallest absolute Gasteiger partial charge is 0.254 e. The van der Waals surface area contributed by atoms with Crippen molar-refractivity contribution < 1.29 is 18.7 Å². The van der Waals surface area contributed by atoms with Gasteiger partial charge in [0.05, 0.1) is 13.2 Å². The van der Waals surface area contributed by atoms with E-state index in [1.165, 1.54) is 12.1 Å². The standard InChI is InChI=1S/C27H32FN3O3/c1-19-22(3-2-4-24(19)30-13-15-34-16-14-30)26(33)31-11-9-27(10-12-31)17-25(32)29-18-23(27)20-5-7-21(28)8-6-20/h2-8,23H,9-18H2,1H3,(H,29,32)/t23-/m1/s1. The van der Waals surface area contributed by atoms with Gasteiger partial charge in [0.15, 0.2) is 0 Å². The Bertz CT molecular complexity index is 1060. The van der Waals surface area contributed by atoms with Gasteiger partial charge in [-0.25, -0.2) is 4.39 Å². The van der Waals surface area contributed by atoms with Crippen LogP contribution in [0.15, 0.2) is 42.5 Å². The van der Waals surface area contributed by atoms with Gasteiger partial charge in [-0.3, -0.25) is 9.59 Å². The quantitative estimate of drug-likeness (QED) is 0.754. The van der Waals surface area contributed by atoms with E-state index in [1.807, 2.05) is 36.1 Å². The molecule has 3 saturated heterocycles. The fraction of sp³-hybridized carbons (Fsp3) is 0.481. The molecule has 3 aliphatic rings. The maximum Gasteiger partial charge on any atom is 0.254 e. The molecule has 6 nitrogen and oxygen atoms in total. The molecule has 2 amide bonds. The summed E-state index contributed by atoms with van der Waals surface area (Å²) in [5.74, 6) is -0.0181. The van der Waals surface area contributed by atoms with Crippen molar-refractivity contribution in [2.24, 2.45) is 5.41 Å². The van der Waals surface area contributed by atoms with Gasteiger partial charge in [0.2, 0.25) is 5.91 Å². The third kappa shape index (κ3) is 4.29. The second-order valence-electron chi connectivity index (χ2n) is 9.79. The molecule has 180 valence electrons. The van der Waals surface area contributed by atoms with Crippen LogP contribution in [0, 0.1) is 18.2 Å². The number of benzene rings is 2. The highest BCUT2D eigenvalue weighted by Crippen LogP contribution is 2.49. The molecule has 0 aliphatic carbocycles. The molecule has 2 aromatic carbocycles. The minimum atomic E-state index is -0.257. The predicted octanol–water partition coefficient (Wildman–Crippen LogP) is 3.50. The van der Waals surface area contributed by atoms with Crippen LogP contribution in [0.25, 0.3) is 0 Å².